The molecule has 0 bridgehead atoms. The second-order valence-corrected chi connectivity index (χ2v) is 5.92. The van der Waals surface area contributed by atoms with Gasteiger partial charge in [0.1, 0.15) is 5.82 Å². The maximum absolute atomic E-state index is 13.7. The zero-order valence-corrected chi connectivity index (χ0v) is 14.9. The molecule has 0 aliphatic carbocycles. The van der Waals surface area contributed by atoms with Crippen LogP contribution in [0.15, 0.2) is 71.8 Å². The number of carbonyl (C=O) groups excluding carboxylic acids is 2. The van der Waals surface area contributed by atoms with E-state index in [9.17, 15) is 14.0 Å². The third kappa shape index (κ3) is 4.91. The van der Waals surface area contributed by atoms with E-state index >= 15 is 0 Å². The van der Waals surface area contributed by atoms with Crippen molar-refractivity contribution in [3.8, 4) is 11.3 Å². The molecular formula is C21H18FN3O3. The molecule has 2 amide bonds. The van der Waals surface area contributed by atoms with Gasteiger partial charge in [0.15, 0.2) is 11.7 Å². The molecule has 0 aliphatic heterocycles. The highest BCUT2D eigenvalue weighted by molar-refractivity contribution is 5.99. The van der Waals surface area contributed by atoms with Gasteiger partial charge >= 0.3 is 0 Å². The number of nitrogens with one attached hydrogen (secondary N) is 2. The highest BCUT2D eigenvalue weighted by Gasteiger charge is 2.11. The molecular weight excluding hydrogens is 361 g/mol. The summed E-state index contributed by atoms with van der Waals surface area (Å²) in [7, 11) is 0. The van der Waals surface area contributed by atoms with Gasteiger partial charge < -0.3 is 15.1 Å². The van der Waals surface area contributed by atoms with Crippen LogP contribution in [0.4, 0.5) is 15.8 Å². The number of anilines is 2. The van der Waals surface area contributed by atoms with Gasteiger partial charge in [0.2, 0.25) is 11.8 Å². The second kappa shape index (κ2) is 8.77. The van der Waals surface area contributed by atoms with E-state index in [0.717, 1.165) is 17.7 Å². The Bertz CT molecular complexity index is 999. The fourth-order valence-corrected chi connectivity index (χ4v) is 2.49. The standard InChI is InChI=1S/C21H18FN3O3/c1-2-19(26)25-17-12-15(8-9-16(17)22)24-20(27)10-11-21-23-13-18(28-21)14-6-4-3-5-7-14/h2-9,12-13H,1,10-11H2,(H,24,27)(H,25,26). The average Bonchev–Trinajstić information content (AvgIpc) is 3.18. The molecule has 28 heavy (non-hydrogen) atoms. The number of amides is 2. The Balaban J connectivity index is 1.58. The smallest absolute Gasteiger partial charge is 0.247 e. The number of aromatic nitrogens is 1. The Morgan fingerprint density at radius 1 is 1.14 bits per heavy atom. The Morgan fingerprint density at radius 2 is 1.93 bits per heavy atom. The predicted octanol–water partition coefficient (Wildman–Crippen LogP) is 4.18. The third-order valence-corrected chi connectivity index (χ3v) is 3.87. The predicted molar refractivity (Wildman–Crippen MR) is 104 cm³/mol. The van der Waals surface area contributed by atoms with Crippen LogP contribution < -0.4 is 10.6 Å². The first-order valence-electron chi connectivity index (χ1n) is 8.58. The van der Waals surface area contributed by atoms with Gasteiger partial charge in [-0.05, 0) is 24.3 Å². The number of hydrogen-bond donors (Lipinski definition) is 2. The van der Waals surface area contributed by atoms with Crippen LogP contribution in [0.2, 0.25) is 0 Å². The lowest BCUT2D eigenvalue weighted by molar-refractivity contribution is -0.116. The highest BCUT2D eigenvalue weighted by atomic mass is 19.1. The number of oxazole rings is 1. The normalized spacial score (nSPS) is 10.3. The summed E-state index contributed by atoms with van der Waals surface area (Å²) in [5, 5.41) is 5.00. The molecule has 3 rings (SSSR count). The second-order valence-electron chi connectivity index (χ2n) is 5.92. The molecule has 0 fully saturated rings. The molecule has 0 saturated carbocycles. The van der Waals surface area contributed by atoms with Gasteiger partial charge in [-0.25, -0.2) is 9.37 Å². The molecule has 0 unspecified atom stereocenters. The average molecular weight is 379 g/mol. The summed E-state index contributed by atoms with van der Waals surface area (Å²) in [6.45, 7) is 3.31. The molecule has 0 atom stereocenters. The van der Waals surface area contributed by atoms with Crippen molar-refractivity contribution in [1.29, 1.82) is 0 Å². The summed E-state index contributed by atoms with van der Waals surface area (Å²) in [4.78, 5) is 27.7. The van der Waals surface area contributed by atoms with E-state index in [0.29, 0.717) is 23.8 Å². The summed E-state index contributed by atoms with van der Waals surface area (Å²) in [5.41, 5.74) is 1.23. The third-order valence-electron chi connectivity index (χ3n) is 3.87. The maximum Gasteiger partial charge on any atom is 0.247 e. The van der Waals surface area contributed by atoms with Gasteiger partial charge in [-0.2, -0.15) is 0 Å². The van der Waals surface area contributed by atoms with E-state index < -0.39 is 11.7 Å². The van der Waals surface area contributed by atoms with E-state index in [1.165, 1.54) is 12.1 Å². The number of nitrogens with zero attached hydrogens (tertiary/aromatic N) is 1. The topological polar surface area (TPSA) is 84.2 Å². The molecule has 0 radical (unpaired) electrons. The minimum Gasteiger partial charge on any atom is -0.441 e. The molecule has 3 aromatic rings. The van der Waals surface area contributed by atoms with Crippen LogP contribution >= 0.6 is 0 Å². The van der Waals surface area contributed by atoms with E-state index in [2.05, 4.69) is 22.2 Å². The molecule has 1 heterocycles. The SMILES string of the molecule is C=CC(=O)Nc1cc(NC(=O)CCc2ncc(-c3ccccc3)o2)ccc1F. The van der Waals surface area contributed by atoms with E-state index in [-0.39, 0.29) is 18.0 Å². The number of aryl methyl sites for hydroxylation is 1. The van der Waals surface area contributed by atoms with Crippen LogP contribution in [0.25, 0.3) is 11.3 Å². The van der Waals surface area contributed by atoms with Gasteiger partial charge in [-0.1, -0.05) is 36.9 Å². The van der Waals surface area contributed by atoms with Gasteiger partial charge in [0.05, 0.1) is 11.9 Å². The van der Waals surface area contributed by atoms with Gasteiger partial charge in [-0.15, -0.1) is 0 Å². The maximum atomic E-state index is 13.7. The van der Waals surface area contributed by atoms with Gasteiger partial charge in [0, 0.05) is 24.1 Å². The molecule has 0 aliphatic rings. The minimum atomic E-state index is -0.610. The molecule has 2 N–H and O–H groups in total. The molecule has 6 nitrogen and oxygen atoms in total. The summed E-state index contributed by atoms with van der Waals surface area (Å²) in [6.07, 6.45) is 3.11. The number of hydrogen-bond acceptors (Lipinski definition) is 4. The van der Waals surface area contributed by atoms with Crippen LogP contribution in [0.5, 0.6) is 0 Å². The Hall–Kier alpha value is -3.74. The molecule has 7 heteroatoms. The van der Waals surface area contributed by atoms with E-state index in [1.54, 1.807) is 6.20 Å². The van der Waals surface area contributed by atoms with Crippen molar-refractivity contribution in [2.24, 2.45) is 0 Å². The Labute approximate surface area is 161 Å². The van der Waals surface area contributed by atoms with E-state index in [1.807, 2.05) is 30.3 Å². The van der Waals surface area contributed by atoms with E-state index in [4.69, 9.17) is 4.42 Å². The van der Waals surface area contributed by atoms with Crippen LogP contribution in [-0.2, 0) is 16.0 Å². The van der Waals surface area contributed by atoms with Gasteiger partial charge in [0.25, 0.3) is 0 Å². The van der Waals surface area contributed by atoms with Crippen molar-refractivity contribution >= 4 is 23.2 Å². The van der Waals surface area contributed by atoms with Crippen LogP contribution in [0, 0.1) is 5.82 Å². The van der Waals surface area contributed by atoms with Crippen molar-refractivity contribution in [1.82, 2.24) is 4.98 Å². The summed E-state index contributed by atoms with van der Waals surface area (Å²) in [5.74, 6) is -0.349. The van der Waals surface area contributed by atoms with Crippen molar-refractivity contribution in [3.63, 3.8) is 0 Å². The lowest BCUT2D eigenvalue weighted by atomic mass is 10.2. The Morgan fingerprint density at radius 3 is 2.68 bits per heavy atom. The monoisotopic (exact) mass is 379 g/mol. The minimum absolute atomic E-state index is 0.0390. The number of carbonyl (C=O) groups is 2. The van der Waals surface area contributed by atoms with Crippen LogP contribution in [-0.4, -0.2) is 16.8 Å². The molecule has 142 valence electrons. The first kappa shape index (κ1) is 19.0. The summed E-state index contributed by atoms with van der Waals surface area (Å²) in [6, 6.07) is 13.5. The van der Waals surface area contributed by atoms with Gasteiger partial charge in [-0.3, -0.25) is 9.59 Å². The number of benzene rings is 2. The van der Waals surface area contributed by atoms with Crippen LogP contribution in [0.1, 0.15) is 12.3 Å². The summed E-state index contributed by atoms with van der Waals surface area (Å²) < 4.78 is 19.4. The van der Waals surface area contributed by atoms with Crippen LogP contribution in [0.3, 0.4) is 0 Å². The number of rotatable bonds is 7. The number of halogens is 1. The van der Waals surface area contributed by atoms with Crippen molar-refractivity contribution in [2.75, 3.05) is 10.6 Å². The lowest BCUT2D eigenvalue weighted by Crippen LogP contribution is -2.14. The summed E-state index contributed by atoms with van der Waals surface area (Å²) >= 11 is 0. The van der Waals surface area contributed by atoms with Crippen molar-refractivity contribution in [2.45, 2.75) is 12.8 Å². The molecule has 1 aromatic heterocycles. The zero-order chi connectivity index (χ0) is 19.9. The first-order chi connectivity index (χ1) is 13.5. The first-order valence-corrected chi connectivity index (χ1v) is 8.58. The highest BCUT2D eigenvalue weighted by Crippen LogP contribution is 2.22. The zero-order valence-electron chi connectivity index (χ0n) is 14.9. The molecule has 0 saturated heterocycles. The molecule has 2 aromatic carbocycles. The quantitative estimate of drug-likeness (QED) is 0.603. The van der Waals surface area contributed by atoms with Crippen molar-refractivity contribution in [3.05, 3.63) is 79.1 Å². The largest absolute Gasteiger partial charge is 0.441 e. The lowest BCUT2D eigenvalue weighted by Gasteiger charge is -2.08. The molecule has 0 spiro atoms. The van der Waals surface area contributed by atoms with Crippen molar-refractivity contribution < 1.29 is 18.4 Å². The Kier molecular flexibility index (Phi) is 5.96. The fourth-order valence-electron chi connectivity index (χ4n) is 2.49. The fraction of sp³-hybridized carbons (Fsp3) is 0.0952.